The quantitative estimate of drug-likeness (QED) is 0.875. The molecule has 0 saturated carbocycles. The molecule has 1 saturated heterocycles. The zero-order valence-electron chi connectivity index (χ0n) is 14.0. The Labute approximate surface area is 137 Å². The van der Waals surface area contributed by atoms with Crippen LogP contribution in [0.3, 0.4) is 0 Å². The average Bonchev–Trinajstić information content (AvgIpc) is 2.94. The molecule has 1 unspecified atom stereocenters. The van der Waals surface area contributed by atoms with Crippen LogP contribution < -0.4 is 0 Å². The average molecular weight is 319 g/mol. The van der Waals surface area contributed by atoms with Gasteiger partial charge in [0.25, 0.3) is 5.91 Å². The minimum Gasteiger partial charge on any atom is -0.478 e. The van der Waals surface area contributed by atoms with Gasteiger partial charge < -0.3 is 14.7 Å². The highest BCUT2D eigenvalue weighted by Crippen LogP contribution is 2.18. The van der Waals surface area contributed by atoms with E-state index in [-0.39, 0.29) is 17.6 Å². The van der Waals surface area contributed by atoms with Crippen molar-refractivity contribution in [3.63, 3.8) is 0 Å². The van der Waals surface area contributed by atoms with Crippen LogP contribution in [0.2, 0.25) is 0 Å². The molecular formula is C18H25NO4. The van der Waals surface area contributed by atoms with Gasteiger partial charge in [0.1, 0.15) is 0 Å². The maximum atomic E-state index is 12.6. The summed E-state index contributed by atoms with van der Waals surface area (Å²) in [7, 11) is 0. The molecule has 1 N–H and O–H groups in total. The first-order chi connectivity index (χ1) is 10.9. The van der Waals surface area contributed by atoms with Crippen molar-refractivity contribution in [3.05, 3.63) is 34.9 Å². The van der Waals surface area contributed by atoms with Crippen LogP contribution in [0.4, 0.5) is 0 Å². The zero-order chi connectivity index (χ0) is 17.0. The lowest BCUT2D eigenvalue weighted by molar-refractivity contribution is 0.0484. The van der Waals surface area contributed by atoms with Gasteiger partial charge in [0, 0.05) is 25.3 Å². The van der Waals surface area contributed by atoms with E-state index in [2.05, 4.69) is 13.8 Å². The Balaban J connectivity index is 1.98. The van der Waals surface area contributed by atoms with Crippen molar-refractivity contribution in [1.29, 1.82) is 0 Å². The van der Waals surface area contributed by atoms with Gasteiger partial charge in [-0.2, -0.15) is 0 Å². The van der Waals surface area contributed by atoms with E-state index in [4.69, 9.17) is 9.84 Å². The number of hydrogen-bond donors (Lipinski definition) is 1. The third kappa shape index (κ3) is 4.79. The van der Waals surface area contributed by atoms with Crippen LogP contribution in [0.5, 0.6) is 0 Å². The lowest BCUT2D eigenvalue weighted by Gasteiger charge is -2.18. The summed E-state index contributed by atoms with van der Waals surface area (Å²) in [6, 6.07) is 4.76. The number of ether oxygens (including phenoxy) is 1. The molecule has 0 bridgehead atoms. The largest absolute Gasteiger partial charge is 0.478 e. The molecule has 0 aliphatic carbocycles. The van der Waals surface area contributed by atoms with Gasteiger partial charge in [0.15, 0.2) is 0 Å². The summed E-state index contributed by atoms with van der Waals surface area (Å²) in [5.41, 5.74) is 1.36. The maximum absolute atomic E-state index is 12.6. The van der Waals surface area contributed by atoms with Gasteiger partial charge in [-0.25, -0.2) is 4.79 Å². The van der Waals surface area contributed by atoms with Crippen molar-refractivity contribution in [1.82, 2.24) is 4.90 Å². The van der Waals surface area contributed by atoms with Crippen molar-refractivity contribution in [3.8, 4) is 0 Å². The molecule has 1 aliphatic rings. The third-order valence-corrected chi connectivity index (χ3v) is 4.05. The van der Waals surface area contributed by atoms with E-state index in [0.717, 1.165) is 25.0 Å². The fourth-order valence-corrected chi connectivity index (χ4v) is 2.73. The summed E-state index contributed by atoms with van der Waals surface area (Å²) in [6.45, 7) is 8.06. The number of carbonyl (C=O) groups excluding carboxylic acids is 1. The number of amides is 1. The molecule has 1 aromatic carbocycles. The first kappa shape index (κ1) is 17.5. The molecule has 5 nitrogen and oxygen atoms in total. The highest BCUT2D eigenvalue weighted by molar-refractivity contribution is 5.98. The number of aromatic carboxylic acids is 1. The van der Waals surface area contributed by atoms with Gasteiger partial charge in [0.2, 0.25) is 0 Å². The molecule has 0 spiro atoms. The second-order valence-electron chi connectivity index (χ2n) is 6.61. The minimum absolute atomic E-state index is 0.0847. The molecule has 1 heterocycles. The van der Waals surface area contributed by atoms with Crippen molar-refractivity contribution in [2.75, 3.05) is 19.7 Å². The number of carboxylic acid groups (broad SMARTS) is 1. The Morgan fingerprint density at radius 1 is 1.30 bits per heavy atom. The summed E-state index contributed by atoms with van der Waals surface area (Å²) in [6.07, 6.45) is 1.94. The summed E-state index contributed by atoms with van der Waals surface area (Å²) in [4.78, 5) is 25.5. The number of hydrogen-bond acceptors (Lipinski definition) is 3. The summed E-state index contributed by atoms with van der Waals surface area (Å²) in [5, 5.41) is 9.12. The lowest BCUT2D eigenvalue weighted by atomic mass is 10.1. The maximum Gasteiger partial charge on any atom is 0.335 e. The Morgan fingerprint density at radius 3 is 2.65 bits per heavy atom. The van der Waals surface area contributed by atoms with Crippen LogP contribution in [-0.4, -0.2) is 47.7 Å². The number of aryl methyl sites for hydroxylation is 1. The fraction of sp³-hybridized carbons (Fsp3) is 0.556. The number of carbonyl (C=O) groups is 2. The second kappa shape index (κ2) is 7.59. The van der Waals surface area contributed by atoms with Gasteiger partial charge in [-0.1, -0.05) is 13.8 Å². The monoisotopic (exact) mass is 319 g/mol. The Hall–Kier alpha value is -1.88. The van der Waals surface area contributed by atoms with Crippen LogP contribution in [0.25, 0.3) is 0 Å². The van der Waals surface area contributed by atoms with Crippen LogP contribution in [-0.2, 0) is 4.74 Å². The number of carboxylic acids is 1. The molecule has 0 radical (unpaired) electrons. The molecule has 0 aromatic heterocycles. The van der Waals surface area contributed by atoms with E-state index in [1.54, 1.807) is 24.0 Å². The first-order valence-electron chi connectivity index (χ1n) is 8.12. The van der Waals surface area contributed by atoms with Crippen LogP contribution in [0.1, 0.15) is 53.0 Å². The zero-order valence-corrected chi connectivity index (χ0v) is 14.0. The van der Waals surface area contributed by atoms with E-state index < -0.39 is 5.97 Å². The smallest absolute Gasteiger partial charge is 0.335 e. The third-order valence-electron chi connectivity index (χ3n) is 4.05. The van der Waals surface area contributed by atoms with E-state index in [1.165, 1.54) is 6.07 Å². The lowest BCUT2D eigenvalue weighted by Crippen LogP contribution is -2.30. The van der Waals surface area contributed by atoms with Gasteiger partial charge in [-0.15, -0.1) is 0 Å². The molecule has 126 valence electrons. The first-order valence-corrected chi connectivity index (χ1v) is 8.12. The molecule has 23 heavy (non-hydrogen) atoms. The fourth-order valence-electron chi connectivity index (χ4n) is 2.73. The highest BCUT2D eigenvalue weighted by atomic mass is 16.5. The predicted molar refractivity (Wildman–Crippen MR) is 87.9 cm³/mol. The summed E-state index contributed by atoms with van der Waals surface area (Å²) < 4.78 is 5.83. The standard InChI is InChI=1S/C18H25NO4/c1-12(2)5-7-23-16-4-6-19(11-16)17(20)14-8-13(3)9-15(10-14)18(21)22/h8-10,12,16H,4-7,11H2,1-3H3,(H,21,22). The normalized spacial score (nSPS) is 17.7. The Morgan fingerprint density at radius 2 is 2.00 bits per heavy atom. The number of rotatable bonds is 6. The minimum atomic E-state index is -1.01. The predicted octanol–water partition coefficient (Wildman–Crippen LogP) is 2.97. The number of benzene rings is 1. The van der Waals surface area contributed by atoms with E-state index >= 15 is 0 Å². The Bertz CT molecular complexity index is 582. The van der Waals surface area contributed by atoms with Crippen molar-refractivity contribution in [2.45, 2.75) is 39.7 Å². The molecule has 5 heteroatoms. The van der Waals surface area contributed by atoms with Crippen molar-refractivity contribution >= 4 is 11.9 Å². The highest BCUT2D eigenvalue weighted by Gasteiger charge is 2.28. The van der Waals surface area contributed by atoms with Crippen LogP contribution >= 0.6 is 0 Å². The molecule has 1 fully saturated rings. The topological polar surface area (TPSA) is 66.8 Å². The van der Waals surface area contributed by atoms with Crippen molar-refractivity contribution < 1.29 is 19.4 Å². The molecule has 1 amide bonds. The van der Waals surface area contributed by atoms with Crippen LogP contribution in [0.15, 0.2) is 18.2 Å². The Kier molecular flexibility index (Phi) is 5.77. The van der Waals surface area contributed by atoms with Gasteiger partial charge in [-0.3, -0.25) is 4.79 Å². The molecule has 1 atom stereocenters. The van der Waals surface area contributed by atoms with Gasteiger partial charge in [-0.05, 0) is 49.4 Å². The summed E-state index contributed by atoms with van der Waals surface area (Å²) in [5.74, 6) is -0.527. The molecule has 1 aromatic rings. The molecular weight excluding hydrogens is 294 g/mol. The van der Waals surface area contributed by atoms with Crippen molar-refractivity contribution in [2.24, 2.45) is 5.92 Å². The SMILES string of the molecule is Cc1cc(C(=O)O)cc(C(=O)N2CCC(OCCC(C)C)C2)c1. The number of nitrogens with zero attached hydrogens (tertiary/aromatic N) is 1. The summed E-state index contributed by atoms with van der Waals surface area (Å²) >= 11 is 0. The van der Waals surface area contributed by atoms with Crippen LogP contribution in [0, 0.1) is 12.8 Å². The van der Waals surface area contributed by atoms with Gasteiger partial charge >= 0.3 is 5.97 Å². The van der Waals surface area contributed by atoms with E-state index in [9.17, 15) is 9.59 Å². The molecule has 1 aliphatic heterocycles. The number of likely N-dealkylation sites (tertiary alicyclic amines) is 1. The second-order valence-corrected chi connectivity index (χ2v) is 6.61. The van der Waals surface area contributed by atoms with E-state index in [0.29, 0.717) is 24.6 Å². The van der Waals surface area contributed by atoms with E-state index in [1.807, 2.05) is 0 Å². The molecule has 2 rings (SSSR count). The van der Waals surface area contributed by atoms with Gasteiger partial charge in [0.05, 0.1) is 11.7 Å².